The third-order valence-electron chi connectivity index (χ3n) is 3.92. The number of aryl methyl sites for hydroxylation is 2. The normalized spacial score (nSPS) is 15.3. The zero-order valence-corrected chi connectivity index (χ0v) is 12.0. The minimum absolute atomic E-state index is 0.00423. The van der Waals surface area contributed by atoms with Crippen LogP contribution in [0, 0.1) is 0 Å². The van der Waals surface area contributed by atoms with E-state index in [1.165, 1.54) is 23.1 Å². The van der Waals surface area contributed by atoms with Crippen molar-refractivity contribution in [3.05, 3.63) is 35.0 Å². The number of hydrogen-bond donors (Lipinski definition) is 2. The third kappa shape index (κ3) is 2.20. The minimum atomic E-state index is -0.0416. The van der Waals surface area contributed by atoms with Crippen molar-refractivity contribution in [1.82, 2.24) is 10.3 Å². The first-order chi connectivity index (χ1) is 9.70. The molecule has 0 bridgehead atoms. The zero-order valence-electron chi connectivity index (χ0n) is 12.0. The number of para-hydroxylation sites is 1. The first kappa shape index (κ1) is 13.2. The molecule has 1 aliphatic carbocycles. The number of ether oxygens (including phenoxy) is 1. The number of fused-ring (bicyclic) bond motifs is 3. The zero-order chi connectivity index (χ0) is 14.1. The molecule has 0 saturated carbocycles. The van der Waals surface area contributed by atoms with E-state index in [9.17, 15) is 4.79 Å². The summed E-state index contributed by atoms with van der Waals surface area (Å²) in [5, 5.41) is 4.17. The maximum Gasteiger partial charge on any atom is 0.253 e. The van der Waals surface area contributed by atoms with E-state index in [4.69, 9.17) is 4.74 Å². The Morgan fingerprint density at radius 1 is 1.45 bits per heavy atom. The fraction of sp³-hybridized carbons (Fsp3) is 0.438. The van der Waals surface area contributed by atoms with Crippen LogP contribution >= 0.6 is 0 Å². The lowest BCUT2D eigenvalue weighted by Crippen LogP contribution is -2.35. The summed E-state index contributed by atoms with van der Waals surface area (Å²) in [7, 11) is 1.64. The van der Waals surface area contributed by atoms with Crippen molar-refractivity contribution in [2.75, 3.05) is 13.7 Å². The smallest absolute Gasteiger partial charge is 0.253 e. The Bertz CT molecular complexity index is 645. The minimum Gasteiger partial charge on any atom is -0.383 e. The van der Waals surface area contributed by atoms with Crippen LogP contribution in [0.4, 0.5) is 0 Å². The molecule has 0 spiro atoms. The molecule has 0 unspecified atom stereocenters. The van der Waals surface area contributed by atoms with E-state index in [2.05, 4.69) is 16.4 Å². The van der Waals surface area contributed by atoms with Crippen LogP contribution in [0.1, 0.15) is 35.0 Å². The molecule has 106 valence electrons. The average Bonchev–Trinajstić information content (AvgIpc) is 2.98. The van der Waals surface area contributed by atoms with Gasteiger partial charge in [0.25, 0.3) is 5.91 Å². The summed E-state index contributed by atoms with van der Waals surface area (Å²) in [6, 6.07) is 5.95. The Balaban J connectivity index is 1.94. The predicted molar refractivity (Wildman–Crippen MR) is 79.1 cm³/mol. The van der Waals surface area contributed by atoms with Gasteiger partial charge in [-0.05, 0) is 37.8 Å². The highest BCUT2D eigenvalue weighted by Crippen LogP contribution is 2.31. The number of hydrogen-bond acceptors (Lipinski definition) is 2. The predicted octanol–water partition coefficient (Wildman–Crippen LogP) is 2.42. The van der Waals surface area contributed by atoms with Gasteiger partial charge in [0.2, 0.25) is 0 Å². The number of aromatic nitrogens is 1. The molecule has 20 heavy (non-hydrogen) atoms. The molecule has 0 fully saturated rings. The Hall–Kier alpha value is -1.81. The molecule has 0 aliphatic heterocycles. The van der Waals surface area contributed by atoms with Crippen LogP contribution in [0.5, 0.6) is 0 Å². The summed E-state index contributed by atoms with van der Waals surface area (Å²) in [5.41, 5.74) is 4.38. The van der Waals surface area contributed by atoms with Gasteiger partial charge in [-0.2, -0.15) is 0 Å². The summed E-state index contributed by atoms with van der Waals surface area (Å²) in [5.74, 6) is -0.0416. The van der Waals surface area contributed by atoms with E-state index < -0.39 is 0 Å². The van der Waals surface area contributed by atoms with Crippen LogP contribution in [0.15, 0.2) is 18.2 Å². The summed E-state index contributed by atoms with van der Waals surface area (Å²) < 4.78 is 5.06. The van der Waals surface area contributed by atoms with E-state index in [1.807, 2.05) is 19.1 Å². The van der Waals surface area contributed by atoms with Crippen molar-refractivity contribution in [2.24, 2.45) is 0 Å². The number of aromatic amines is 1. The van der Waals surface area contributed by atoms with Gasteiger partial charge in [-0.15, -0.1) is 0 Å². The summed E-state index contributed by atoms with van der Waals surface area (Å²) >= 11 is 0. The number of methoxy groups -OCH3 is 1. The highest BCUT2D eigenvalue weighted by atomic mass is 16.5. The van der Waals surface area contributed by atoms with Crippen LogP contribution in [0.25, 0.3) is 10.9 Å². The Kier molecular flexibility index (Phi) is 3.49. The standard InChI is InChI=1S/C16H20N2O2/c1-10(9-20-2)17-16(19)13-7-3-6-12-11-5-4-8-14(11)18-15(12)13/h3,6-7,10,18H,4-5,8-9H2,1-2H3,(H,17,19)/t10-/m0/s1. The second-order valence-electron chi connectivity index (χ2n) is 5.49. The van der Waals surface area contributed by atoms with E-state index in [0.29, 0.717) is 6.61 Å². The number of carbonyl (C=O) groups excluding carboxylic acids is 1. The fourth-order valence-corrected chi connectivity index (χ4v) is 3.05. The largest absolute Gasteiger partial charge is 0.383 e. The van der Waals surface area contributed by atoms with Gasteiger partial charge in [0.1, 0.15) is 0 Å². The Labute approximate surface area is 118 Å². The summed E-state index contributed by atoms with van der Waals surface area (Å²) in [6.45, 7) is 2.46. The Morgan fingerprint density at radius 3 is 3.10 bits per heavy atom. The van der Waals surface area contributed by atoms with E-state index >= 15 is 0 Å². The molecule has 1 amide bonds. The molecule has 2 N–H and O–H groups in total. The van der Waals surface area contributed by atoms with Gasteiger partial charge in [0, 0.05) is 24.2 Å². The van der Waals surface area contributed by atoms with Crippen LogP contribution in [-0.4, -0.2) is 30.6 Å². The van der Waals surface area contributed by atoms with Crippen LogP contribution in [0.2, 0.25) is 0 Å². The number of H-pyrrole nitrogens is 1. The molecule has 0 radical (unpaired) electrons. The maximum atomic E-state index is 12.4. The highest BCUT2D eigenvalue weighted by Gasteiger charge is 2.20. The monoisotopic (exact) mass is 272 g/mol. The first-order valence-electron chi connectivity index (χ1n) is 7.13. The van der Waals surface area contributed by atoms with Crippen molar-refractivity contribution in [3.63, 3.8) is 0 Å². The number of rotatable bonds is 4. The van der Waals surface area contributed by atoms with Crippen molar-refractivity contribution < 1.29 is 9.53 Å². The Morgan fingerprint density at radius 2 is 2.30 bits per heavy atom. The molecule has 1 heterocycles. The van der Waals surface area contributed by atoms with Gasteiger partial charge in [-0.1, -0.05) is 12.1 Å². The molecule has 1 aromatic carbocycles. The van der Waals surface area contributed by atoms with Crippen LogP contribution < -0.4 is 5.32 Å². The maximum absolute atomic E-state index is 12.4. The molecule has 3 rings (SSSR count). The molecular weight excluding hydrogens is 252 g/mol. The second-order valence-corrected chi connectivity index (χ2v) is 5.49. The quantitative estimate of drug-likeness (QED) is 0.898. The first-order valence-corrected chi connectivity index (χ1v) is 7.13. The number of carbonyl (C=O) groups is 1. The van der Waals surface area contributed by atoms with Gasteiger partial charge in [-0.25, -0.2) is 0 Å². The SMILES string of the molecule is COC[C@H](C)NC(=O)c1cccc2c3c([nH]c12)CCC3. The van der Waals surface area contributed by atoms with Crippen molar-refractivity contribution >= 4 is 16.8 Å². The van der Waals surface area contributed by atoms with E-state index in [0.717, 1.165) is 23.9 Å². The molecular formula is C16H20N2O2. The van der Waals surface area contributed by atoms with Gasteiger partial charge >= 0.3 is 0 Å². The topological polar surface area (TPSA) is 54.1 Å². The van der Waals surface area contributed by atoms with Gasteiger partial charge in [0.05, 0.1) is 17.7 Å². The molecule has 4 nitrogen and oxygen atoms in total. The molecule has 0 saturated heterocycles. The number of benzene rings is 1. The van der Waals surface area contributed by atoms with Gasteiger partial charge < -0.3 is 15.0 Å². The molecule has 4 heteroatoms. The van der Waals surface area contributed by atoms with E-state index in [1.54, 1.807) is 7.11 Å². The highest BCUT2D eigenvalue weighted by molar-refractivity contribution is 6.07. The lowest BCUT2D eigenvalue weighted by atomic mass is 10.1. The van der Waals surface area contributed by atoms with E-state index in [-0.39, 0.29) is 11.9 Å². The number of nitrogens with one attached hydrogen (secondary N) is 2. The lowest BCUT2D eigenvalue weighted by Gasteiger charge is -2.13. The van der Waals surface area contributed by atoms with Gasteiger partial charge in [-0.3, -0.25) is 4.79 Å². The number of amides is 1. The molecule has 1 aromatic heterocycles. The summed E-state index contributed by atoms with van der Waals surface area (Å²) in [6.07, 6.45) is 3.41. The molecule has 1 atom stereocenters. The molecule has 1 aliphatic rings. The van der Waals surface area contributed by atoms with Crippen molar-refractivity contribution in [3.8, 4) is 0 Å². The third-order valence-corrected chi connectivity index (χ3v) is 3.92. The van der Waals surface area contributed by atoms with Crippen LogP contribution in [-0.2, 0) is 17.6 Å². The van der Waals surface area contributed by atoms with Crippen molar-refractivity contribution in [2.45, 2.75) is 32.2 Å². The lowest BCUT2D eigenvalue weighted by molar-refractivity contribution is 0.0907. The van der Waals surface area contributed by atoms with Crippen molar-refractivity contribution in [1.29, 1.82) is 0 Å². The van der Waals surface area contributed by atoms with Gasteiger partial charge in [0.15, 0.2) is 0 Å². The second kappa shape index (κ2) is 5.29. The average molecular weight is 272 g/mol. The molecule has 2 aromatic rings. The summed E-state index contributed by atoms with van der Waals surface area (Å²) in [4.78, 5) is 15.8. The van der Waals surface area contributed by atoms with Crippen LogP contribution in [0.3, 0.4) is 0 Å². The fourth-order valence-electron chi connectivity index (χ4n) is 3.05.